The molecule has 0 aliphatic carbocycles. The summed E-state index contributed by atoms with van der Waals surface area (Å²) in [5, 5.41) is 18.5. The summed E-state index contributed by atoms with van der Waals surface area (Å²) >= 11 is 0. The second kappa shape index (κ2) is 7.64. The number of nitrogens with zero attached hydrogens (tertiary/aromatic N) is 3. The molecule has 1 fully saturated rings. The minimum atomic E-state index is -4.64. The first-order chi connectivity index (χ1) is 12.5. The van der Waals surface area contributed by atoms with Gasteiger partial charge in [0.05, 0.1) is 29.8 Å². The van der Waals surface area contributed by atoms with Gasteiger partial charge in [0, 0.05) is 25.3 Å². The Hall–Kier alpha value is -2.47. The summed E-state index contributed by atoms with van der Waals surface area (Å²) in [6.07, 6.45) is -5.22. The van der Waals surface area contributed by atoms with E-state index in [9.17, 15) is 23.1 Å². The fourth-order valence-electron chi connectivity index (χ4n) is 2.87. The van der Waals surface area contributed by atoms with Crippen LogP contribution in [0, 0.1) is 11.3 Å². The summed E-state index contributed by atoms with van der Waals surface area (Å²) in [6.45, 7) is 5.46. The Bertz CT molecular complexity index is 738. The maximum absolute atomic E-state index is 13.2. The molecule has 1 unspecified atom stereocenters. The molecule has 1 aliphatic heterocycles. The summed E-state index contributed by atoms with van der Waals surface area (Å²) in [5.41, 5.74) is -1.86. The van der Waals surface area contributed by atoms with Gasteiger partial charge < -0.3 is 14.7 Å². The average molecular weight is 385 g/mol. The van der Waals surface area contributed by atoms with Crippen LogP contribution in [0.2, 0.25) is 0 Å². The highest BCUT2D eigenvalue weighted by molar-refractivity contribution is 5.69. The molecule has 1 amide bonds. The number of carbonyl (C=O) groups excluding carboxylic acids is 1. The summed E-state index contributed by atoms with van der Waals surface area (Å²) < 4.78 is 44.8. The molecule has 6 nitrogen and oxygen atoms in total. The van der Waals surface area contributed by atoms with Crippen LogP contribution in [-0.2, 0) is 10.9 Å². The van der Waals surface area contributed by atoms with Gasteiger partial charge in [-0.1, -0.05) is 0 Å². The molecule has 1 aliphatic rings. The van der Waals surface area contributed by atoms with Crippen LogP contribution in [0.15, 0.2) is 18.2 Å². The van der Waals surface area contributed by atoms with Crippen molar-refractivity contribution in [2.45, 2.75) is 38.6 Å². The average Bonchev–Trinajstić information content (AvgIpc) is 2.58. The molecule has 148 valence electrons. The van der Waals surface area contributed by atoms with Crippen LogP contribution in [0.4, 0.5) is 23.7 Å². The minimum absolute atomic E-state index is 0.152. The first-order valence-electron chi connectivity index (χ1n) is 8.43. The van der Waals surface area contributed by atoms with E-state index in [1.54, 1.807) is 31.7 Å². The number of hydrogen-bond acceptors (Lipinski definition) is 5. The number of halogens is 3. The van der Waals surface area contributed by atoms with Gasteiger partial charge in [-0.3, -0.25) is 4.90 Å². The molecule has 0 bridgehead atoms. The van der Waals surface area contributed by atoms with E-state index in [-0.39, 0.29) is 31.9 Å². The van der Waals surface area contributed by atoms with Crippen LogP contribution >= 0.6 is 0 Å². The van der Waals surface area contributed by atoms with Crippen molar-refractivity contribution in [2.24, 2.45) is 0 Å². The van der Waals surface area contributed by atoms with Gasteiger partial charge in [0.2, 0.25) is 0 Å². The van der Waals surface area contributed by atoms with Crippen LogP contribution < -0.4 is 4.90 Å². The van der Waals surface area contributed by atoms with Gasteiger partial charge in [-0.25, -0.2) is 4.79 Å². The molecule has 1 heterocycles. The lowest BCUT2D eigenvalue weighted by Crippen LogP contribution is -2.57. The molecule has 27 heavy (non-hydrogen) atoms. The van der Waals surface area contributed by atoms with Crippen molar-refractivity contribution >= 4 is 11.8 Å². The highest BCUT2D eigenvalue weighted by Crippen LogP contribution is 2.35. The summed E-state index contributed by atoms with van der Waals surface area (Å²) in [5.74, 6) is 0. The first-order valence-corrected chi connectivity index (χ1v) is 8.43. The highest BCUT2D eigenvalue weighted by atomic mass is 19.4. The SMILES string of the molecule is CC(C)(C)OC(=O)N1CCN(c2ccc(C#N)c(C(F)(F)F)c2)CC1CO. The Morgan fingerprint density at radius 1 is 1.33 bits per heavy atom. The minimum Gasteiger partial charge on any atom is -0.444 e. The van der Waals surface area contributed by atoms with Crippen molar-refractivity contribution < 1.29 is 27.8 Å². The Kier molecular flexibility index (Phi) is 5.90. The number of rotatable bonds is 2. The van der Waals surface area contributed by atoms with E-state index in [4.69, 9.17) is 10.00 Å². The second-order valence-electron chi connectivity index (χ2n) is 7.30. The standard InChI is InChI=1S/C18H22F3N3O3/c1-17(2,3)27-16(26)24-7-6-23(10-14(24)11-25)13-5-4-12(9-22)15(8-13)18(19,20)21/h4-5,8,14,25H,6-7,10-11H2,1-3H3. The van der Waals surface area contributed by atoms with E-state index < -0.39 is 35.0 Å². The van der Waals surface area contributed by atoms with E-state index in [0.717, 1.165) is 12.1 Å². The number of benzene rings is 1. The van der Waals surface area contributed by atoms with Gasteiger partial charge in [0.15, 0.2) is 0 Å². The fourth-order valence-corrected chi connectivity index (χ4v) is 2.87. The Labute approximate surface area is 155 Å². The molecule has 0 saturated carbocycles. The van der Waals surface area contributed by atoms with Crippen molar-refractivity contribution in [3.05, 3.63) is 29.3 Å². The Morgan fingerprint density at radius 2 is 2.00 bits per heavy atom. The molecule has 0 spiro atoms. The molecule has 9 heteroatoms. The lowest BCUT2D eigenvalue weighted by Gasteiger charge is -2.42. The summed E-state index contributed by atoms with van der Waals surface area (Å²) in [4.78, 5) is 15.3. The van der Waals surface area contributed by atoms with Crippen molar-refractivity contribution in [2.75, 3.05) is 31.1 Å². The molecule has 1 aromatic rings. The third-order valence-corrected chi connectivity index (χ3v) is 4.12. The maximum atomic E-state index is 13.2. The topological polar surface area (TPSA) is 76.8 Å². The highest BCUT2D eigenvalue weighted by Gasteiger charge is 2.36. The number of piperazine rings is 1. The molecule has 0 aromatic heterocycles. The third kappa shape index (κ3) is 5.04. The smallest absolute Gasteiger partial charge is 0.417 e. The number of anilines is 1. The van der Waals surface area contributed by atoms with Crippen molar-refractivity contribution in [3.8, 4) is 6.07 Å². The lowest BCUT2D eigenvalue weighted by molar-refractivity contribution is -0.137. The van der Waals surface area contributed by atoms with E-state index >= 15 is 0 Å². The van der Waals surface area contributed by atoms with Crippen LogP contribution in [0.3, 0.4) is 0 Å². The number of amides is 1. The lowest BCUT2D eigenvalue weighted by atomic mass is 10.1. The predicted octanol–water partition coefficient (Wildman–Crippen LogP) is 3.00. The number of hydrogen-bond donors (Lipinski definition) is 1. The van der Waals surface area contributed by atoms with Crippen LogP contribution in [0.1, 0.15) is 31.9 Å². The third-order valence-electron chi connectivity index (χ3n) is 4.12. The van der Waals surface area contributed by atoms with Gasteiger partial charge in [-0.2, -0.15) is 18.4 Å². The number of nitriles is 1. The fraction of sp³-hybridized carbons (Fsp3) is 0.556. The zero-order valence-electron chi connectivity index (χ0n) is 15.4. The molecule has 2 rings (SSSR count). The van der Waals surface area contributed by atoms with E-state index in [1.807, 2.05) is 0 Å². The zero-order valence-corrected chi connectivity index (χ0v) is 15.4. The molecule has 1 aromatic carbocycles. The molecular formula is C18H22F3N3O3. The van der Waals surface area contributed by atoms with Gasteiger partial charge in [0.1, 0.15) is 5.60 Å². The van der Waals surface area contributed by atoms with Gasteiger partial charge in [-0.15, -0.1) is 0 Å². The number of alkyl halides is 3. The van der Waals surface area contributed by atoms with Crippen LogP contribution in [0.25, 0.3) is 0 Å². The molecular weight excluding hydrogens is 363 g/mol. The molecule has 1 N–H and O–H groups in total. The normalized spacial score (nSPS) is 18.2. The predicted molar refractivity (Wildman–Crippen MR) is 92.2 cm³/mol. The number of aliphatic hydroxyl groups excluding tert-OH is 1. The van der Waals surface area contributed by atoms with E-state index in [2.05, 4.69) is 0 Å². The number of carbonyl (C=O) groups is 1. The Morgan fingerprint density at radius 3 is 2.52 bits per heavy atom. The van der Waals surface area contributed by atoms with Gasteiger partial charge in [-0.05, 0) is 39.0 Å². The zero-order chi connectivity index (χ0) is 20.4. The summed E-state index contributed by atoms with van der Waals surface area (Å²) in [6, 6.07) is 4.43. The van der Waals surface area contributed by atoms with Crippen molar-refractivity contribution in [3.63, 3.8) is 0 Å². The van der Waals surface area contributed by atoms with E-state index in [1.165, 1.54) is 11.0 Å². The largest absolute Gasteiger partial charge is 0.444 e. The molecule has 0 radical (unpaired) electrons. The molecule has 1 saturated heterocycles. The summed E-state index contributed by atoms with van der Waals surface area (Å²) in [7, 11) is 0. The van der Waals surface area contributed by atoms with Crippen molar-refractivity contribution in [1.82, 2.24) is 4.90 Å². The van der Waals surface area contributed by atoms with Crippen LogP contribution in [0.5, 0.6) is 0 Å². The first kappa shape index (κ1) is 20.8. The monoisotopic (exact) mass is 385 g/mol. The van der Waals surface area contributed by atoms with Gasteiger partial charge >= 0.3 is 12.3 Å². The van der Waals surface area contributed by atoms with E-state index in [0.29, 0.717) is 0 Å². The number of aliphatic hydroxyl groups is 1. The maximum Gasteiger partial charge on any atom is 0.417 e. The second-order valence-corrected chi connectivity index (χ2v) is 7.30. The number of ether oxygens (including phenoxy) is 1. The molecule has 1 atom stereocenters. The quantitative estimate of drug-likeness (QED) is 0.847. The van der Waals surface area contributed by atoms with Crippen molar-refractivity contribution in [1.29, 1.82) is 5.26 Å². The van der Waals surface area contributed by atoms with Crippen LogP contribution in [-0.4, -0.2) is 54.0 Å². The van der Waals surface area contributed by atoms with Gasteiger partial charge in [0.25, 0.3) is 0 Å². The Balaban J connectivity index is 2.22.